The molecule has 4 rings (SSSR count). The van der Waals surface area contributed by atoms with Gasteiger partial charge in [-0.15, -0.1) is 0 Å². The Morgan fingerprint density at radius 1 is 0.667 bits per heavy atom. The van der Waals surface area contributed by atoms with Gasteiger partial charge in [-0.05, 0) is 61.4 Å². The Balaban J connectivity index is 1.20. The molecule has 2 heterocycles. The van der Waals surface area contributed by atoms with E-state index in [0.29, 0.717) is 24.2 Å². The summed E-state index contributed by atoms with van der Waals surface area (Å²) in [5, 5.41) is 7.73. The number of rotatable bonds is 7. The van der Waals surface area contributed by atoms with Crippen LogP contribution in [-0.4, -0.2) is 34.9 Å². The molecule has 0 aliphatic carbocycles. The Morgan fingerprint density at radius 3 is 1.60 bits per heavy atom. The zero-order chi connectivity index (χ0) is 20.8. The van der Waals surface area contributed by atoms with Crippen molar-refractivity contribution < 1.29 is 9.59 Å². The van der Waals surface area contributed by atoms with Crippen molar-refractivity contribution >= 4 is 33.6 Å². The molecule has 0 fully saturated rings. The lowest BCUT2D eigenvalue weighted by Crippen LogP contribution is -2.27. The summed E-state index contributed by atoms with van der Waals surface area (Å²) >= 11 is 0. The van der Waals surface area contributed by atoms with Crippen LogP contribution in [0.3, 0.4) is 0 Å². The molecular weight excluding hydrogens is 376 g/mol. The van der Waals surface area contributed by atoms with E-state index in [4.69, 9.17) is 0 Å². The van der Waals surface area contributed by atoms with Crippen molar-refractivity contribution in [2.75, 3.05) is 13.1 Å². The molecule has 4 aromatic rings. The largest absolute Gasteiger partial charge is 0.352 e. The summed E-state index contributed by atoms with van der Waals surface area (Å²) < 4.78 is 0. The third-order valence-electron chi connectivity index (χ3n) is 4.91. The number of nitrogens with zero attached hydrogens (tertiary/aromatic N) is 2. The first kappa shape index (κ1) is 19.5. The summed E-state index contributed by atoms with van der Waals surface area (Å²) in [5.41, 5.74) is 2.98. The highest BCUT2D eigenvalue weighted by Crippen LogP contribution is 2.14. The first-order valence-corrected chi connectivity index (χ1v) is 9.97. The van der Waals surface area contributed by atoms with Gasteiger partial charge in [-0.2, -0.15) is 0 Å². The summed E-state index contributed by atoms with van der Waals surface area (Å²) in [6.07, 6.45) is 5.03. The van der Waals surface area contributed by atoms with Crippen LogP contribution >= 0.6 is 0 Å². The fourth-order valence-electron chi connectivity index (χ4n) is 3.29. The number of amides is 2. The summed E-state index contributed by atoms with van der Waals surface area (Å²) in [4.78, 5) is 33.1. The van der Waals surface area contributed by atoms with Gasteiger partial charge in [-0.3, -0.25) is 19.6 Å². The molecule has 0 bridgehead atoms. The van der Waals surface area contributed by atoms with E-state index in [9.17, 15) is 9.59 Å². The number of pyridine rings is 2. The lowest BCUT2D eigenvalue weighted by molar-refractivity contribution is 0.0939. The fourth-order valence-corrected chi connectivity index (χ4v) is 3.29. The smallest absolute Gasteiger partial charge is 0.251 e. The van der Waals surface area contributed by atoms with E-state index in [0.717, 1.165) is 34.6 Å². The van der Waals surface area contributed by atoms with Crippen LogP contribution in [0.15, 0.2) is 73.1 Å². The molecule has 2 N–H and O–H groups in total. The molecule has 0 atom stereocenters. The maximum Gasteiger partial charge on any atom is 0.251 e. The molecule has 0 radical (unpaired) electrons. The lowest BCUT2D eigenvalue weighted by Gasteiger charge is -2.08. The Hall–Kier alpha value is -3.80. The van der Waals surface area contributed by atoms with Crippen LogP contribution in [0.25, 0.3) is 21.8 Å². The summed E-state index contributed by atoms with van der Waals surface area (Å²) in [7, 11) is 0. The molecule has 0 saturated heterocycles. The summed E-state index contributed by atoms with van der Waals surface area (Å²) in [5.74, 6) is -0.205. The number of nitrogens with one attached hydrogen (secondary N) is 2. The zero-order valence-electron chi connectivity index (χ0n) is 16.5. The van der Waals surface area contributed by atoms with Crippen LogP contribution in [0.5, 0.6) is 0 Å². The van der Waals surface area contributed by atoms with Gasteiger partial charge < -0.3 is 10.6 Å². The SMILES string of the molecule is O=C(NCCCCNC(=O)c1ccc2ncccc2c1)c1ccc2ncccc2c1. The third-order valence-corrected chi connectivity index (χ3v) is 4.91. The Labute approximate surface area is 174 Å². The van der Waals surface area contributed by atoms with E-state index in [2.05, 4.69) is 20.6 Å². The van der Waals surface area contributed by atoms with Crippen LogP contribution in [0.4, 0.5) is 0 Å². The molecule has 6 heteroatoms. The highest BCUT2D eigenvalue weighted by molar-refractivity contribution is 5.98. The highest BCUT2D eigenvalue weighted by atomic mass is 16.2. The topological polar surface area (TPSA) is 84.0 Å². The van der Waals surface area contributed by atoms with Crippen molar-refractivity contribution in [1.29, 1.82) is 0 Å². The number of carbonyl (C=O) groups is 2. The van der Waals surface area contributed by atoms with E-state index in [1.807, 2.05) is 48.5 Å². The van der Waals surface area contributed by atoms with Crippen LogP contribution in [0, 0.1) is 0 Å². The van der Waals surface area contributed by atoms with Crippen molar-refractivity contribution in [3.8, 4) is 0 Å². The quantitative estimate of drug-likeness (QED) is 0.465. The Bertz CT molecular complexity index is 1110. The number of benzene rings is 2. The van der Waals surface area contributed by atoms with E-state index >= 15 is 0 Å². The second-order valence-electron chi connectivity index (χ2n) is 7.04. The molecule has 6 nitrogen and oxygen atoms in total. The van der Waals surface area contributed by atoms with Gasteiger partial charge in [0.1, 0.15) is 0 Å². The number of hydrogen-bond acceptors (Lipinski definition) is 4. The van der Waals surface area contributed by atoms with Crippen molar-refractivity contribution in [2.45, 2.75) is 12.8 Å². The normalized spacial score (nSPS) is 10.8. The fraction of sp³-hybridized carbons (Fsp3) is 0.167. The van der Waals surface area contributed by atoms with Gasteiger partial charge in [0.2, 0.25) is 0 Å². The van der Waals surface area contributed by atoms with E-state index < -0.39 is 0 Å². The molecule has 2 aromatic heterocycles. The van der Waals surface area contributed by atoms with Gasteiger partial charge in [0, 0.05) is 47.4 Å². The number of unbranched alkanes of at least 4 members (excludes halogenated alkanes) is 1. The van der Waals surface area contributed by atoms with Crippen LogP contribution in [0.1, 0.15) is 33.6 Å². The van der Waals surface area contributed by atoms with Gasteiger partial charge in [0.15, 0.2) is 0 Å². The molecule has 0 spiro atoms. The average molecular weight is 398 g/mol. The molecule has 0 unspecified atom stereocenters. The predicted octanol–water partition coefficient (Wildman–Crippen LogP) is 3.72. The first-order chi connectivity index (χ1) is 14.7. The molecule has 2 amide bonds. The minimum atomic E-state index is -0.102. The molecule has 0 aliphatic heterocycles. The van der Waals surface area contributed by atoms with Crippen LogP contribution < -0.4 is 10.6 Å². The van der Waals surface area contributed by atoms with Crippen molar-refractivity contribution in [1.82, 2.24) is 20.6 Å². The van der Waals surface area contributed by atoms with Gasteiger partial charge in [0.05, 0.1) is 11.0 Å². The second-order valence-corrected chi connectivity index (χ2v) is 7.04. The van der Waals surface area contributed by atoms with Crippen molar-refractivity contribution in [3.05, 3.63) is 84.2 Å². The van der Waals surface area contributed by atoms with Crippen LogP contribution in [0.2, 0.25) is 0 Å². The maximum atomic E-state index is 12.3. The summed E-state index contributed by atoms with van der Waals surface area (Å²) in [6, 6.07) is 18.5. The predicted molar refractivity (Wildman–Crippen MR) is 117 cm³/mol. The van der Waals surface area contributed by atoms with E-state index in [1.54, 1.807) is 24.5 Å². The highest BCUT2D eigenvalue weighted by Gasteiger charge is 2.07. The molecule has 0 aliphatic rings. The lowest BCUT2D eigenvalue weighted by atomic mass is 10.1. The maximum absolute atomic E-state index is 12.3. The second kappa shape index (κ2) is 9.13. The Morgan fingerprint density at radius 2 is 1.13 bits per heavy atom. The van der Waals surface area contributed by atoms with Gasteiger partial charge >= 0.3 is 0 Å². The number of hydrogen-bond donors (Lipinski definition) is 2. The molecule has 0 saturated carbocycles. The summed E-state index contributed by atoms with van der Waals surface area (Å²) in [6.45, 7) is 1.11. The van der Waals surface area contributed by atoms with Gasteiger partial charge in [-0.1, -0.05) is 12.1 Å². The van der Waals surface area contributed by atoms with Gasteiger partial charge in [0.25, 0.3) is 11.8 Å². The minimum Gasteiger partial charge on any atom is -0.352 e. The standard InChI is InChI=1S/C24H22N4O2/c29-23(19-7-9-21-17(15-19)5-3-13-25-21)27-11-1-2-12-28-24(30)20-8-10-22-18(16-20)6-4-14-26-22/h3-10,13-16H,1-2,11-12H2,(H,27,29)(H,28,30). The molecule has 2 aromatic carbocycles. The van der Waals surface area contributed by atoms with Crippen molar-refractivity contribution in [3.63, 3.8) is 0 Å². The minimum absolute atomic E-state index is 0.102. The number of aromatic nitrogens is 2. The Kier molecular flexibility index (Phi) is 5.94. The van der Waals surface area contributed by atoms with E-state index in [-0.39, 0.29) is 11.8 Å². The third kappa shape index (κ3) is 4.60. The van der Waals surface area contributed by atoms with Gasteiger partial charge in [-0.25, -0.2) is 0 Å². The molecule has 150 valence electrons. The van der Waals surface area contributed by atoms with Crippen LogP contribution in [-0.2, 0) is 0 Å². The average Bonchev–Trinajstić information content (AvgIpc) is 2.80. The number of carbonyl (C=O) groups excluding carboxylic acids is 2. The van der Waals surface area contributed by atoms with E-state index in [1.165, 1.54) is 0 Å². The van der Waals surface area contributed by atoms with Crippen molar-refractivity contribution in [2.24, 2.45) is 0 Å². The zero-order valence-corrected chi connectivity index (χ0v) is 16.5. The molecule has 30 heavy (non-hydrogen) atoms. The monoisotopic (exact) mass is 398 g/mol. The molecular formula is C24H22N4O2. The number of fused-ring (bicyclic) bond motifs is 2. The first-order valence-electron chi connectivity index (χ1n) is 9.97.